The molecule has 0 aliphatic carbocycles. The lowest BCUT2D eigenvalue weighted by molar-refractivity contribution is -0.120. The van der Waals surface area contributed by atoms with E-state index in [1.807, 2.05) is 42.5 Å². The van der Waals surface area contributed by atoms with Crippen molar-refractivity contribution in [3.05, 3.63) is 95.6 Å². The Balaban J connectivity index is 1.81. The predicted molar refractivity (Wildman–Crippen MR) is 136 cm³/mol. The molecule has 1 aliphatic heterocycles. The van der Waals surface area contributed by atoms with Crippen LogP contribution in [0.2, 0.25) is 0 Å². The summed E-state index contributed by atoms with van der Waals surface area (Å²) in [6.07, 6.45) is 1.63. The van der Waals surface area contributed by atoms with Crippen molar-refractivity contribution in [3.8, 4) is 5.75 Å². The van der Waals surface area contributed by atoms with E-state index in [0.29, 0.717) is 23.0 Å². The van der Waals surface area contributed by atoms with Gasteiger partial charge in [0, 0.05) is 0 Å². The van der Waals surface area contributed by atoms with Gasteiger partial charge in [0.05, 0.1) is 18.5 Å². The number of carbonyl (C=O) groups is 2. The lowest BCUT2D eigenvalue weighted by atomic mass is 10.00. The van der Waals surface area contributed by atoms with E-state index in [4.69, 9.17) is 17.0 Å². The number of ether oxygens (including phenoxy) is 1. The Labute approximate surface area is 198 Å². The smallest absolute Gasteiger partial charge is 0.270 e. The molecule has 1 saturated heterocycles. The molecular weight excluding hydrogens is 432 g/mol. The zero-order valence-electron chi connectivity index (χ0n) is 18.7. The minimum Gasteiger partial charge on any atom is -0.497 e. The van der Waals surface area contributed by atoms with Gasteiger partial charge in [-0.05, 0) is 71.7 Å². The molecule has 0 atom stereocenters. The number of thiocarbonyl (C=S) groups is 1. The summed E-state index contributed by atoms with van der Waals surface area (Å²) in [5.41, 5.74) is 3.15. The van der Waals surface area contributed by atoms with E-state index in [2.05, 4.69) is 13.8 Å². The fourth-order valence-electron chi connectivity index (χ4n) is 3.64. The molecule has 3 aromatic carbocycles. The Hall–Kier alpha value is -3.77. The number of nitrogens with zero attached hydrogens (tertiary/aromatic N) is 2. The molecule has 1 aliphatic rings. The van der Waals surface area contributed by atoms with Crippen LogP contribution in [0.5, 0.6) is 5.75 Å². The lowest BCUT2D eigenvalue weighted by Crippen LogP contribution is -2.56. The highest BCUT2D eigenvalue weighted by atomic mass is 32.1. The molecule has 166 valence electrons. The number of para-hydroxylation sites is 1. The minimum absolute atomic E-state index is 0.0422. The molecule has 1 fully saturated rings. The van der Waals surface area contributed by atoms with E-state index >= 15 is 0 Å². The lowest BCUT2D eigenvalue weighted by Gasteiger charge is -2.36. The van der Waals surface area contributed by atoms with Crippen LogP contribution >= 0.6 is 12.2 Å². The van der Waals surface area contributed by atoms with E-state index in [1.54, 1.807) is 49.6 Å². The van der Waals surface area contributed by atoms with Crippen LogP contribution in [0.4, 0.5) is 11.4 Å². The van der Waals surface area contributed by atoms with Gasteiger partial charge in [0.25, 0.3) is 11.8 Å². The quantitative estimate of drug-likeness (QED) is 0.286. The van der Waals surface area contributed by atoms with Gasteiger partial charge >= 0.3 is 0 Å². The third-order valence-electron chi connectivity index (χ3n) is 5.51. The molecule has 5 nitrogen and oxygen atoms in total. The highest BCUT2D eigenvalue weighted by Crippen LogP contribution is 2.31. The Morgan fingerprint density at radius 3 is 1.85 bits per heavy atom. The summed E-state index contributed by atoms with van der Waals surface area (Å²) in [4.78, 5) is 29.8. The Morgan fingerprint density at radius 1 is 0.788 bits per heavy atom. The molecule has 0 N–H and O–H groups in total. The largest absolute Gasteiger partial charge is 0.497 e. The molecule has 2 amide bonds. The SMILES string of the molecule is COc1ccc(N2C(=O)C(=Cc3ccc(C(C)C)cc3)C(=O)N(c3ccccc3)C2=S)cc1. The number of methoxy groups -OCH3 is 1. The maximum absolute atomic E-state index is 13.5. The summed E-state index contributed by atoms with van der Waals surface area (Å²) < 4.78 is 5.23. The van der Waals surface area contributed by atoms with Gasteiger partial charge in [-0.2, -0.15) is 0 Å². The number of benzene rings is 3. The summed E-state index contributed by atoms with van der Waals surface area (Å²) in [5, 5.41) is 0.105. The fourth-order valence-corrected chi connectivity index (χ4v) is 4.01. The first kappa shape index (κ1) is 22.4. The van der Waals surface area contributed by atoms with E-state index in [-0.39, 0.29) is 10.7 Å². The summed E-state index contributed by atoms with van der Waals surface area (Å²) in [7, 11) is 1.58. The van der Waals surface area contributed by atoms with Gasteiger partial charge in [-0.15, -0.1) is 0 Å². The Morgan fingerprint density at radius 2 is 1.33 bits per heavy atom. The molecule has 33 heavy (non-hydrogen) atoms. The third-order valence-corrected chi connectivity index (χ3v) is 5.87. The van der Waals surface area contributed by atoms with Crippen molar-refractivity contribution in [3.63, 3.8) is 0 Å². The molecule has 0 spiro atoms. The van der Waals surface area contributed by atoms with E-state index in [0.717, 1.165) is 5.56 Å². The van der Waals surface area contributed by atoms with Crippen LogP contribution < -0.4 is 14.5 Å². The van der Waals surface area contributed by atoms with Gasteiger partial charge in [-0.1, -0.05) is 56.3 Å². The molecule has 1 heterocycles. The number of amides is 2. The third kappa shape index (κ3) is 4.43. The van der Waals surface area contributed by atoms with Crippen LogP contribution in [0, 0.1) is 0 Å². The van der Waals surface area contributed by atoms with Crippen molar-refractivity contribution in [2.24, 2.45) is 0 Å². The summed E-state index contributed by atoms with van der Waals surface area (Å²) in [6, 6.07) is 24.0. The maximum Gasteiger partial charge on any atom is 0.270 e. The van der Waals surface area contributed by atoms with Crippen LogP contribution in [0.25, 0.3) is 6.08 Å². The number of hydrogen-bond acceptors (Lipinski definition) is 4. The zero-order chi connectivity index (χ0) is 23.5. The maximum atomic E-state index is 13.5. The molecule has 3 aromatic rings. The van der Waals surface area contributed by atoms with Crippen LogP contribution in [0.3, 0.4) is 0 Å². The first-order valence-corrected chi connectivity index (χ1v) is 11.0. The van der Waals surface area contributed by atoms with Gasteiger partial charge in [-0.3, -0.25) is 19.4 Å². The number of hydrogen-bond donors (Lipinski definition) is 0. The van der Waals surface area contributed by atoms with Crippen molar-refractivity contribution < 1.29 is 14.3 Å². The highest BCUT2D eigenvalue weighted by molar-refractivity contribution is 7.81. The Bertz CT molecular complexity index is 1220. The number of rotatable bonds is 5. The molecule has 4 rings (SSSR count). The van der Waals surface area contributed by atoms with E-state index in [9.17, 15) is 9.59 Å². The highest BCUT2D eigenvalue weighted by Gasteiger charge is 2.41. The van der Waals surface area contributed by atoms with Crippen LogP contribution in [-0.4, -0.2) is 24.0 Å². The molecule has 0 radical (unpaired) electrons. The summed E-state index contributed by atoms with van der Waals surface area (Å²) in [5.74, 6) is 0.136. The number of carbonyl (C=O) groups excluding carboxylic acids is 2. The van der Waals surface area contributed by atoms with Gasteiger partial charge in [0.1, 0.15) is 11.3 Å². The summed E-state index contributed by atoms with van der Waals surface area (Å²) >= 11 is 5.64. The topological polar surface area (TPSA) is 49.9 Å². The molecule has 0 bridgehead atoms. The van der Waals surface area contributed by atoms with Crippen LogP contribution in [-0.2, 0) is 9.59 Å². The minimum atomic E-state index is -0.463. The van der Waals surface area contributed by atoms with Crippen LogP contribution in [0.1, 0.15) is 30.9 Å². The van der Waals surface area contributed by atoms with Crippen LogP contribution in [0.15, 0.2) is 84.4 Å². The summed E-state index contributed by atoms with van der Waals surface area (Å²) in [6.45, 7) is 4.24. The molecular formula is C27H24N2O3S. The van der Waals surface area contributed by atoms with Crippen molar-refractivity contribution in [1.29, 1.82) is 0 Å². The van der Waals surface area contributed by atoms with E-state index in [1.165, 1.54) is 15.4 Å². The van der Waals surface area contributed by atoms with Crippen molar-refractivity contribution >= 4 is 46.6 Å². The van der Waals surface area contributed by atoms with Crippen molar-refractivity contribution in [1.82, 2.24) is 0 Å². The second-order valence-electron chi connectivity index (χ2n) is 7.98. The predicted octanol–water partition coefficient (Wildman–Crippen LogP) is 5.57. The monoisotopic (exact) mass is 456 g/mol. The normalized spacial score (nSPS) is 15.5. The van der Waals surface area contributed by atoms with Gasteiger partial charge in [0.15, 0.2) is 5.11 Å². The average molecular weight is 457 g/mol. The van der Waals surface area contributed by atoms with Crippen molar-refractivity contribution in [2.75, 3.05) is 16.9 Å². The Kier molecular flexibility index (Phi) is 6.38. The van der Waals surface area contributed by atoms with Gasteiger partial charge in [0.2, 0.25) is 0 Å². The molecule has 6 heteroatoms. The van der Waals surface area contributed by atoms with Crippen molar-refractivity contribution in [2.45, 2.75) is 19.8 Å². The second-order valence-corrected chi connectivity index (χ2v) is 8.34. The fraction of sp³-hybridized carbons (Fsp3) is 0.148. The number of anilines is 2. The molecule has 0 aromatic heterocycles. The van der Waals surface area contributed by atoms with Gasteiger partial charge < -0.3 is 4.74 Å². The zero-order valence-corrected chi connectivity index (χ0v) is 19.5. The second kappa shape index (κ2) is 9.38. The first-order chi connectivity index (χ1) is 15.9. The standard InChI is InChI=1S/C27H24N2O3S/c1-18(2)20-11-9-19(10-12-20)17-24-25(30)28(21-7-5-4-6-8-21)27(33)29(26(24)31)22-13-15-23(32-3)16-14-22/h4-18H,1-3H3. The van der Waals surface area contributed by atoms with E-state index < -0.39 is 11.8 Å². The molecule has 0 unspecified atom stereocenters. The van der Waals surface area contributed by atoms with Gasteiger partial charge in [-0.25, -0.2) is 0 Å². The average Bonchev–Trinajstić information content (AvgIpc) is 2.83. The first-order valence-electron chi connectivity index (χ1n) is 10.6. The molecule has 0 saturated carbocycles.